The van der Waals surface area contributed by atoms with Gasteiger partial charge in [-0.15, -0.1) is 0 Å². The predicted octanol–water partition coefficient (Wildman–Crippen LogP) is 5.57. The number of carbonyl (C=O) groups excluding carboxylic acids is 1. The van der Waals surface area contributed by atoms with Crippen LogP contribution < -0.4 is 11.1 Å². The molecular weight excluding hydrogens is 332 g/mol. The van der Waals surface area contributed by atoms with Gasteiger partial charge in [-0.25, -0.2) is 0 Å². The van der Waals surface area contributed by atoms with Crippen molar-refractivity contribution in [2.75, 3.05) is 11.1 Å². The molecular formula is C24H22N2O. The fraction of sp³-hybridized carbons (Fsp3) is 0.0417. The lowest BCUT2D eigenvalue weighted by molar-refractivity contribution is -0.114. The molecule has 0 radical (unpaired) electrons. The molecule has 3 aromatic carbocycles. The Hall–Kier alpha value is -3.59. The number of nitrogen functional groups attached to an aromatic ring is 1. The number of hydrogen-bond donors (Lipinski definition) is 2. The van der Waals surface area contributed by atoms with Crippen molar-refractivity contribution in [3.05, 3.63) is 95.1 Å². The zero-order chi connectivity index (χ0) is 19.1. The topological polar surface area (TPSA) is 55.1 Å². The molecule has 0 unspecified atom stereocenters. The molecule has 3 aromatic rings. The van der Waals surface area contributed by atoms with Crippen LogP contribution in [0, 0.1) is 0 Å². The van der Waals surface area contributed by atoms with E-state index in [2.05, 4.69) is 5.32 Å². The van der Waals surface area contributed by atoms with Gasteiger partial charge in [0.15, 0.2) is 0 Å². The Morgan fingerprint density at radius 2 is 1.30 bits per heavy atom. The summed E-state index contributed by atoms with van der Waals surface area (Å²) in [4.78, 5) is 11.6. The smallest absolute Gasteiger partial charge is 0.221 e. The van der Waals surface area contributed by atoms with Crippen LogP contribution in [-0.2, 0) is 4.79 Å². The van der Waals surface area contributed by atoms with Gasteiger partial charge >= 0.3 is 0 Å². The molecule has 0 aromatic heterocycles. The Balaban J connectivity index is 1.96. The fourth-order valence-electron chi connectivity index (χ4n) is 2.73. The van der Waals surface area contributed by atoms with Crippen LogP contribution in [-0.4, -0.2) is 5.91 Å². The Morgan fingerprint density at radius 3 is 1.81 bits per heavy atom. The van der Waals surface area contributed by atoms with Crippen LogP contribution in [0.3, 0.4) is 0 Å². The summed E-state index contributed by atoms with van der Waals surface area (Å²) in [6.07, 6.45) is 8.01. The second-order valence-electron chi connectivity index (χ2n) is 6.24. The highest BCUT2D eigenvalue weighted by atomic mass is 16.1. The number of rotatable bonds is 5. The largest absolute Gasteiger partial charge is 0.398 e. The first-order chi connectivity index (χ1) is 13.1. The third kappa shape index (κ3) is 5.19. The van der Waals surface area contributed by atoms with Crippen LogP contribution in [0.15, 0.2) is 72.8 Å². The Labute approximate surface area is 159 Å². The number of nitrogens with one attached hydrogen (secondary N) is 1. The summed E-state index contributed by atoms with van der Waals surface area (Å²) in [5.41, 5.74) is 11.5. The Kier molecular flexibility index (Phi) is 5.85. The highest BCUT2D eigenvalue weighted by Crippen LogP contribution is 2.27. The van der Waals surface area contributed by atoms with E-state index in [0.29, 0.717) is 11.4 Å². The molecule has 3 rings (SSSR count). The van der Waals surface area contributed by atoms with Gasteiger partial charge in [-0.3, -0.25) is 4.79 Å². The van der Waals surface area contributed by atoms with E-state index in [1.807, 2.05) is 91.0 Å². The monoisotopic (exact) mass is 354 g/mol. The summed E-state index contributed by atoms with van der Waals surface area (Å²) >= 11 is 0. The van der Waals surface area contributed by atoms with Gasteiger partial charge in [0.25, 0.3) is 0 Å². The van der Waals surface area contributed by atoms with Gasteiger partial charge in [0.2, 0.25) is 5.91 Å². The second-order valence-corrected chi connectivity index (χ2v) is 6.24. The molecule has 0 fully saturated rings. The standard InChI is InChI=1S/C24H22N2O/c1-18(27)26-24-17-23(25)21(14-12-19-8-4-2-5-9-19)16-22(24)15-13-20-10-6-3-7-11-20/h2-17H,25H2,1H3,(H,26,27)/b14-12?,15-13+. The van der Waals surface area contributed by atoms with Gasteiger partial charge < -0.3 is 11.1 Å². The Morgan fingerprint density at radius 1 is 0.778 bits per heavy atom. The van der Waals surface area contributed by atoms with Crippen molar-refractivity contribution in [3.8, 4) is 0 Å². The summed E-state index contributed by atoms with van der Waals surface area (Å²) < 4.78 is 0. The minimum Gasteiger partial charge on any atom is -0.398 e. The van der Waals surface area contributed by atoms with Gasteiger partial charge in [0.05, 0.1) is 5.69 Å². The van der Waals surface area contributed by atoms with Crippen molar-refractivity contribution in [3.63, 3.8) is 0 Å². The van der Waals surface area contributed by atoms with Gasteiger partial charge in [-0.1, -0.05) is 85.0 Å². The highest BCUT2D eigenvalue weighted by Gasteiger charge is 2.06. The Bertz CT molecular complexity index is 974. The summed E-state index contributed by atoms with van der Waals surface area (Å²) in [7, 11) is 0. The molecule has 27 heavy (non-hydrogen) atoms. The molecule has 1 amide bonds. The van der Waals surface area contributed by atoms with E-state index in [-0.39, 0.29) is 5.91 Å². The van der Waals surface area contributed by atoms with E-state index in [0.717, 1.165) is 22.3 Å². The maximum atomic E-state index is 11.6. The summed E-state index contributed by atoms with van der Waals surface area (Å²) in [5.74, 6) is -0.128. The maximum Gasteiger partial charge on any atom is 0.221 e. The molecule has 0 atom stereocenters. The molecule has 0 aliphatic heterocycles. The minimum atomic E-state index is -0.128. The van der Waals surface area contributed by atoms with Gasteiger partial charge in [0.1, 0.15) is 0 Å². The van der Waals surface area contributed by atoms with Gasteiger partial charge in [-0.2, -0.15) is 0 Å². The van der Waals surface area contributed by atoms with Crippen LogP contribution in [0.5, 0.6) is 0 Å². The molecule has 0 saturated heterocycles. The second kappa shape index (κ2) is 8.68. The van der Waals surface area contributed by atoms with Crippen molar-refractivity contribution in [2.24, 2.45) is 0 Å². The minimum absolute atomic E-state index is 0.128. The lowest BCUT2D eigenvalue weighted by Gasteiger charge is -2.11. The fourth-order valence-corrected chi connectivity index (χ4v) is 2.73. The van der Waals surface area contributed by atoms with E-state index >= 15 is 0 Å². The zero-order valence-electron chi connectivity index (χ0n) is 15.2. The van der Waals surface area contributed by atoms with Crippen molar-refractivity contribution in [2.45, 2.75) is 6.92 Å². The van der Waals surface area contributed by atoms with Gasteiger partial charge in [-0.05, 0) is 34.4 Å². The molecule has 0 aliphatic carbocycles. The number of nitrogens with two attached hydrogens (primary N) is 1. The summed E-state index contributed by atoms with van der Waals surface area (Å²) in [5, 5.41) is 2.86. The number of benzene rings is 3. The zero-order valence-corrected chi connectivity index (χ0v) is 15.2. The van der Waals surface area contributed by atoms with Crippen molar-refractivity contribution in [1.82, 2.24) is 0 Å². The van der Waals surface area contributed by atoms with E-state index in [1.54, 1.807) is 6.07 Å². The van der Waals surface area contributed by atoms with Crippen molar-refractivity contribution >= 4 is 41.6 Å². The lowest BCUT2D eigenvalue weighted by atomic mass is 10.0. The number of anilines is 2. The van der Waals surface area contributed by atoms with Crippen LogP contribution in [0.4, 0.5) is 11.4 Å². The molecule has 0 spiro atoms. The quantitative estimate of drug-likeness (QED) is 0.465. The lowest BCUT2D eigenvalue weighted by Crippen LogP contribution is -2.08. The average Bonchev–Trinajstić information content (AvgIpc) is 2.67. The molecule has 3 N–H and O–H groups in total. The molecule has 0 aliphatic rings. The van der Waals surface area contributed by atoms with Crippen LogP contribution >= 0.6 is 0 Å². The first kappa shape index (κ1) is 18.2. The molecule has 3 nitrogen and oxygen atoms in total. The van der Waals surface area contributed by atoms with Gasteiger partial charge in [0, 0.05) is 12.6 Å². The van der Waals surface area contributed by atoms with Crippen molar-refractivity contribution in [1.29, 1.82) is 0 Å². The van der Waals surface area contributed by atoms with E-state index in [4.69, 9.17) is 5.73 Å². The van der Waals surface area contributed by atoms with E-state index in [1.165, 1.54) is 6.92 Å². The molecule has 3 heteroatoms. The van der Waals surface area contributed by atoms with E-state index in [9.17, 15) is 4.79 Å². The normalized spacial score (nSPS) is 11.1. The molecule has 0 heterocycles. The summed E-state index contributed by atoms with van der Waals surface area (Å²) in [6, 6.07) is 23.9. The summed E-state index contributed by atoms with van der Waals surface area (Å²) in [6.45, 7) is 1.49. The van der Waals surface area contributed by atoms with Crippen molar-refractivity contribution < 1.29 is 4.79 Å². The SMILES string of the molecule is CC(=O)Nc1cc(N)c(C=Cc2ccccc2)cc1/C=C/c1ccccc1. The van der Waals surface area contributed by atoms with Crippen LogP contribution in [0.2, 0.25) is 0 Å². The predicted molar refractivity (Wildman–Crippen MR) is 116 cm³/mol. The average molecular weight is 354 g/mol. The maximum absolute atomic E-state index is 11.6. The number of amides is 1. The first-order valence-corrected chi connectivity index (χ1v) is 8.79. The third-order valence-corrected chi connectivity index (χ3v) is 4.08. The number of hydrogen-bond acceptors (Lipinski definition) is 2. The van der Waals surface area contributed by atoms with Crippen LogP contribution in [0.1, 0.15) is 29.2 Å². The van der Waals surface area contributed by atoms with E-state index < -0.39 is 0 Å². The third-order valence-electron chi connectivity index (χ3n) is 4.08. The molecule has 0 bridgehead atoms. The van der Waals surface area contributed by atoms with Crippen LogP contribution in [0.25, 0.3) is 24.3 Å². The first-order valence-electron chi connectivity index (χ1n) is 8.79. The highest BCUT2D eigenvalue weighted by molar-refractivity contribution is 5.94. The molecule has 134 valence electrons. The molecule has 0 saturated carbocycles. The number of carbonyl (C=O) groups is 1.